The lowest BCUT2D eigenvalue weighted by Crippen LogP contribution is -2.32. The molecule has 0 fully saturated rings. The van der Waals surface area contributed by atoms with Crippen molar-refractivity contribution in [1.29, 1.82) is 0 Å². The van der Waals surface area contributed by atoms with Gasteiger partial charge in [0.15, 0.2) is 0 Å². The Kier molecular flexibility index (Phi) is 5.30. The molecule has 7 heteroatoms. The van der Waals surface area contributed by atoms with Crippen molar-refractivity contribution in [2.24, 2.45) is 0 Å². The Hall–Kier alpha value is -3.48. The standard InChI is InChI=1S/C20H16F2N2O3/c1-13-4-6-14(7-5-13)12-27-24-10-2-3-16(20(24)26)19(25)23-18-11-15(21)8-9-17(18)22/h2-11H,12H2,1H3,(H,23,25). The van der Waals surface area contributed by atoms with E-state index in [1.54, 1.807) is 0 Å². The molecule has 3 aromatic rings. The van der Waals surface area contributed by atoms with Crippen molar-refractivity contribution >= 4 is 11.6 Å². The van der Waals surface area contributed by atoms with Gasteiger partial charge in [-0.25, -0.2) is 8.78 Å². The Labute approximate surface area is 153 Å². The molecule has 138 valence electrons. The summed E-state index contributed by atoms with van der Waals surface area (Å²) < 4.78 is 27.8. The van der Waals surface area contributed by atoms with Crippen LogP contribution in [0.1, 0.15) is 21.5 Å². The van der Waals surface area contributed by atoms with E-state index >= 15 is 0 Å². The zero-order chi connectivity index (χ0) is 19.4. The Morgan fingerprint density at radius 2 is 1.85 bits per heavy atom. The molecule has 0 aliphatic carbocycles. The SMILES string of the molecule is Cc1ccc(COn2cccc(C(=O)Nc3cc(F)ccc3F)c2=O)cc1. The molecule has 27 heavy (non-hydrogen) atoms. The summed E-state index contributed by atoms with van der Waals surface area (Å²) in [4.78, 5) is 30.2. The quantitative estimate of drug-likeness (QED) is 0.750. The van der Waals surface area contributed by atoms with Crippen molar-refractivity contribution < 1.29 is 18.4 Å². The van der Waals surface area contributed by atoms with Crippen LogP contribution in [-0.2, 0) is 6.61 Å². The molecular weight excluding hydrogens is 354 g/mol. The minimum absolute atomic E-state index is 0.129. The molecule has 0 aliphatic rings. The molecule has 2 aromatic carbocycles. The molecule has 1 amide bonds. The highest BCUT2D eigenvalue weighted by atomic mass is 19.1. The van der Waals surface area contributed by atoms with E-state index in [1.807, 2.05) is 31.2 Å². The van der Waals surface area contributed by atoms with Crippen molar-refractivity contribution in [3.63, 3.8) is 0 Å². The average Bonchev–Trinajstić information content (AvgIpc) is 2.65. The minimum atomic E-state index is -0.863. The third-order valence-corrected chi connectivity index (χ3v) is 3.83. The van der Waals surface area contributed by atoms with Gasteiger partial charge in [0.05, 0.1) is 5.69 Å². The largest absolute Gasteiger partial charge is 0.406 e. The summed E-state index contributed by atoms with van der Waals surface area (Å²) in [5.74, 6) is -2.38. The number of nitrogens with one attached hydrogen (secondary N) is 1. The van der Waals surface area contributed by atoms with E-state index in [0.717, 1.165) is 34.1 Å². The van der Waals surface area contributed by atoms with E-state index in [0.29, 0.717) is 0 Å². The second kappa shape index (κ2) is 7.82. The number of carbonyl (C=O) groups excluding carboxylic acids is 1. The summed E-state index contributed by atoms with van der Waals surface area (Å²) in [5.41, 5.74) is 0.628. The zero-order valence-corrected chi connectivity index (χ0v) is 14.4. The number of amides is 1. The van der Waals surface area contributed by atoms with Crippen LogP contribution in [0.25, 0.3) is 0 Å². The molecule has 1 aromatic heterocycles. The fourth-order valence-electron chi connectivity index (χ4n) is 2.36. The second-order valence-corrected chi connectivity index (χ2v) is 5.89. The highest BCUT2D eigenvalue weighted by Gasteiger charge is 2.15. The van der Waals surface area contributed by atoms with Gasteiger partial charge in [-0.2, -0.15) is 4.73 Å². The van der Waals surface area contributed by atoms with E-state index in [9.17, 15) is 18.4 Å². The smallest absolute Gasteiger partial charge is 0.295 e. The van der Waals surface area contributed by atoms with Crippen molar-refractivity contribution in [1.82, 2.24) is 4.73 Å². The van der Waals surface area contributed by atoms with Crippen LogP contribution in [-0.4, -0.2) is 10.6 Å². The Balaban J connectivity index is 1.77. The van der Waals surface area contributed by atoms with Crippen LogP contribution in [0.4, 0.5) is 14.5 Å². The Morgan fingerprint density at radius 1 is 1.11 bits per heavy atom. The van der Waals surface area contributed by atoms with Crippen LogP contribution >= 0.6 is 0 Å². The third-order valence-electron chi connectivity index (χ3n) is 3.83. The predicted octanol–water partition coefficient (Wildman–Crippen LogP) is 3.32. The van der Waals surface area contributed by atoms with Crippen LogP contribution in [0.3, 0.4) is 0 Å². The molecule has 0 unspecified atom stereocenters. The lowest BCUT2D eigenvalue weighted by molar-refractivity contribution is 0.0863. The molecule has 1 N–H and O–H groups in total. The van der Waals surface area contributed by atoms with Gasteiger partial charge in [-0.3, -0.25) is 9.59 Å². The maximum Gasteiger partial charge on any atom is 0.295 e. The highest BCUT2D eigenvalue weighted by molar-refractivity contribution is 6.04. The Morgan fingerprint density at radius 3 is 2.59 bits per heavy atom. The number of aromatic nitrogens is 1. The number of benzene rings is 2. The molecule has 1 heterocycles. The van der Waals surface area contributed by atoms with E-state index in [-0.39, 0.29) is 17.9 Å². The van der Waals surface area contributed by atoms with Crippen molar-refractivity contribution in [2.75, 3.05) is 5.32 Å². The lowest BCUT2D eigenvalue weighted by atomic mass is 10.2. The molecule has 5 nitrogen and oxygen atoms in total. The van der Waals surface area contributed by atoms with E-state index in [4.69, 9.17) is 4.84 Å². The molecular formula is C20H16F2N2O3. The van der Waals surface area contributed by atoms with Gasteiger partial charge in [-0.1, -0.05) is 29.8 Å². The van der Waals surface area contributed by atoms with Gasteiger partial charge in [0, 0.05) is 12.3 Å². The zero-order valence-electron chi connectivity index (χ0n) is 14.4. The number of aryl methyl sites for hydroxylation is 1. The van der Waals surface area contributed by atoms with Gasteiger partial charge in [-0.05, 0) is 36.8 Å². The first kappa shape index (κ1) is 18.3. The summed E-state index contributed by atoms with van der Waals surface area (Å²) in [5, 5.41) is 2.19. The predicted molar refractivity (Wildman–Crippen MR) is 96.5 cm³/mol. The van der Waals surface area contributed by atoms with Gasteiger partial charge in [0.1, 0.15) is 23.8 Å². The number of hydrogen-bond donors (Lipinski definition) is 1. The number of halogens is 2. The first-order valence-electron chi connectivity index (χ1n) is 8.11. The van der Waals surface area contributed by atoms with Crippen LogP contribution in [0.15, 0.2) is 65.6 Å². The lowest BCUT2D eigenvalue weighted by Gasteiger charge is -2.11. The van der Waals surface area contributed by atoms with Gasteiger partial charge in [-0.15, -0.1) is 0 Å². The molecule has 0 spiro atoms. The van der Waals surface area contributed by atoms with Crippen molar-refractivity contribution in [3.8, 4) is 0 Å². The van der Waals surface area contributed by atoms with Gasteiger partial charge < -0.3 is 10.2 Å². The number of hydrogen-bond acceptors (Lipinski definition) is 3. The molecule has 0 bridgehead atoms. The van der Waals surface area contributed by atoms with Crippen LogP contribution in [0, 0.1) is 18.6 Å². The Bertz CT molecular complexity index is 1030. The molecule has 3 rings (SSSR count). The number of anilines is 1. The van der Waals surface area contributed by atoms with Crippen LogP contribution < -0.4 is 15.7 Å². The van der Waals surface area contributed by atoms with E-state index in [2.05, 4.69) is 5.32 Å². The first-order chi connectivity index (χ1) is 12.9. The fourth-order valence-corrected chi connectivity index (χ4v) is 2.36. The highest BCUT2D eigenvalue weighted by Crippen LogP contribution is 2.15. The number of rotatable bonds is 5. The van der Waals surface area contributed by atoms with Gasteiger partial charge >= 0.3 is 0 Å². The average molecular weight is 370 g/mol. The number of pyridine rings is 1. The maximum absolute atomic E-state index is 13.7. The fraction of sp³-hybridized carbons (Fsp3) is 0.100. The summed E-state index contributed by atoms with van der Waals surface area (Å²) in [7, 11) is 0. The monoisotopic (exact) mass is 370 g/mol. The van der Waals surface area contributed by atoms with Gasteiger partial charge in [0.2, 0.25) is 0 Å². The van der Waals surface area contributed by atoms with Crippen molar-refractivity contribution in [3.05, 3.63) is 99.5 Å². The summed E-state index contributed by atoms with van der Waals surface area (Å²) in [6, 6.07) is 12.9. The van der Waals surface area contributed by atoms with Crippen LogP contribution in [0.2, 0.25) is 0 Å². The second-order valence-electron chi connectivity index (χ2n) is 5.89. The molecule has 0 saturated heterocycles. The van der Waals surface area contributed by atoms with Crippen molar-refractivity contribution in [2.45, 2.75) is 13.5 Å². The first-order valence-corrected chi connectivity index (χ1v) is 8.11. The topological polar surface area (TPSA) is 60.3 Å². The molecule has 0 atom stereocenters. The van der Waals surface area contributed by atoms with Crippen LogP contribution in [0.5, 0.6) is 0 Å². The maximum atomic E-state index is 13.7. The van der Waals surface area contributed by atoms with E-state index < -0.39 is 23.1 Å². The minimum Gasteiger partial charge on any atom is -0.406 e. The van der Waals surface area contributed by atoms with Gasteiger partial charge in [0.25, 0.3) is 11.5 Å². The molecule has 0 radical (unpaired) electrons. The summed E-state index contributed by atoms with van der Waals surface area (Å²) in [6.45, 7) is 2.09. The summed E-state index contributed by atoms with van der Waals surface area (Å²) >= 11 is 0. The molecule has 0 saturated carbocycles. The summed E-state index contributed by atoms with van der Waals surface area (Å²) in [6.07, 6.45) is 1.37. The van der Waals surface area contributed by atoms with E-state index in [1.165, 1.54) is 18.3 Å². The molecule has 0 aliphatic heterocycles. The number of nitrogens with zero attached hydrogens (tertiary/aromatic N) is 1. The third kappa shape index (κ3) is 4.38. The number of carbonyl (C=O) groups is 1. The normalized spacial score (nSPS) is 10.5.